The maximum Gasteiger partial charge on any atom is 0.410 e. The molecule has 4 fully saturated rings. The van der Waals surface area contributed by atoms with Crippen molar-refractivity contribution in [3.63, 3.8) is 0 Å². The van der Waals surface area contributed by atoms with Crippen molar-refractivity contribution >= 4 is 39.7 Å². The molecule has 3 aliphatic heterocycles. The third-order valence-electron chi connectivity index (χ3n) is 12.0. The predicted molar refractivity (Wildman–Crippen MR) is 186 cm³/mol. The van der Waals surface area contributed by atoms with E-state index in [1.807, 2.05) is 12.1 Å². The van der Waals surface area contributed by atoms with Crippen LogP contribution in [0.25, 0.3) is 0 Å². The van der Waals surface area contributed by atoms with Crippen LogP contribution in [0.1, 0.15) is 87.3 Å². The lowest BCUT2D eigenvalue weighted by molar-refractivity contribution is -0.141. The van der Waals surface area contributed by atoms with Gasteiger partial charge in [0.15, 0.2) is 5.78 Å². The zero-order valence-electron chi connectivity index (χ0n) is 29.3. The molecule has 1 saturated heterocycles. The average molecular weight is 724 g/mol. The highest BCUT2D eigenvalue weighted by Gasteiger charge is 2.61. The molecule has 0 unspecified atom stereocenters. The molecule has 4 bridgehead atoms. The highest BCUT2D eigenvalue weighted by Crippen LogP contribution is 2.57. The molecule has 0 aromatic heterocycles. The largest absolute Gasteiger partial charge is 0.444 e. The lowest BCUT2D eigenvalue weighted by Gasteiger charge is -2.33. The van der Waals surface area contributed by atoms with Gasteiger partial charge in [-0.2, -0.15) is 0 Å². The van der Waals surface area contributed by atoms with Crippen molar-refractivity contribution < 1.29 is 37.1 Å². The SMILES string of the molecule is C=C[C@@H]1C[C@]1(CC(=O)[C@@H]1C[C@@H]2CN1C(=O)[C@H](C1CCCC1)NC(=O)N(C)CCCCc1cccc3c1CN(C3)C(=O)O2)C(=O)NS(=O)(=O)C1CC1. The number of amides is 5. The van der Waals surface area contributed by atoms with E-state index in [0.29, 0.717) is 32.5 Å². The summed E-state index contributed by atoms with van der Waals surface area (Å²) in [5, 5.41) is 2.40. The summed E-state index contributed by atoms with van der Waals surface area (Å²) in [4.78, 5) is 74.3. The molecule has 276 valence electrons. The van der Waals surface area contributed by atoms with Crippen LogP contribution in [0.5, 0.6) is 0 Å². The quantitative estimate of drug-likeness (QED) is 0.386. The highest BCUT2D eigenvalue weighted by molar-refractivity contribution is 7.90. The minimum absolute atomic E-state index is 0.0322. The fraction of sp³-hybridized carbons (Fsp3) is 0.649. The van der Waals surface area contributed by atoms with Gasteiger partial charge >= 0.3 is 12.1 Å². The molecule has 14 heteroatoms. The first-order chi connectivity index (χ1) is 24.4. The number of carbonyl (C=O) groups is 5. The van der Waals surface area contributed by atoms with Crippen molar-refractivity contribution in [2.24, 2.45) is 17.3 Å². The second kappa shape index (κ2) is 13.9. The standard InChI is InChI=1S/C37H49N5O8S/c1-3-26-18-37(26,34(45)39-51(48,49)28-14-15-28)19-31(43)30-17-27-21-42(30)33(44)32(24-10-4-5-11-24)38-35(46)40(2)16-7-6-9-23-12-8-13-25-20-41(22-29(23)25)36(47)50-27/h3,8,12-13,24,26-28,30,32H,1,4-7,9-11,14-22H2,2H3,(H,38,46)(H,39,45)/t26-,27-,30+,32+,37-/m1/s1. The molecule has 0 spiro atoms. The van der Waals surface area contributed by atoms with Gasteiger partial charge in [0.25, 0.3) is 0 Å². The van der Waals surface area contributed by atoms with Crippen molar-refractivity contribution in [1.29, 1.82) is 0 Å². The van der Waals surface area contributed by atoms with Gasteiger partial charge in [-0.1, -0.05) is 37.1 Å². The topological polar surface area (TPSA) is 162 Å². The number of hydrogen-bond donors (Lipinski definition) is 2. The number of benzene rings is 1. The fourth-order valence-corrected chi connectivity index (χ4v) is 10.1. The van der Waals surface area contributed by atoms with Gasteiger partial charge in [-0.15, -0.1) is 6.58 Å². The molecule has 0 radical (unpaired) electrons. The first-order valence-electron chi connectivity index (χ1n) is 18.5. The minimum atomic E-state index is -3.85. The molecule has 5 amide bonds. The summed E-state index contributed by atoms with van der Waals surface area (Å²) < 4.78 is 33.6. The minimum Gasteiger partial charge on any atom is -0.444 e. The number of ketones is 1. The first kappa shape index (κ1) is 35.5. The third-order valence-corrected chi connectivity index (χ3v) is 13.9. The van der Waals surface area contributed by atoms with Crippen LogP contribution in [-0.4, -0.2) is 96.4 Å². The van der Waals surface area contributed by atoms with Crippen LogP contribution in [0.3, 0.4) is 0 Å². The van der Waals surface area contributed by atoms with Crippen LogP contribution in [0.2, 0.25) is 0 Å². The Balaban J connectivity index is 1.17. The van der Waals surface area contributed by atoms with E-state index in [4.69, 9.17) is 4.74 Å². The van der Waals surface area contributed by atoms with Crippen LogP contribution in [0, 0.1) is 17.3 Å². The number of carbonyl (C=O) groups excluding carboxylic acids is 5. The van der Waals surface area contributed by atoms with Gasteiger partial charge < -0.3 is 19.9 Å². The normalized spacial score (nSPS) is 30.4. The van der Waals surface area contributed by atoms with E-state index < -0.39 is 68.5 Å². The second-order valence-corrected chi connectivity index (χ2v) is 17.5. The molecule has 13 nitrogen and oxygen atoms in total. The Morgan fingerprint density at radius 1 is 1.06 bits per heavy atom. The zero-order chi connectivity index (χ0) is 36.1. The Morgan fingerprint density at radius 2 is 1.80 bits per heavy atom. The molecule has 1 aromatic rings. The number of nitrogens with one attached hydrogen (secondary N) is 2. The Hall–Kier alpha value is -3.94. The van der Waals surface area contributed by atoms with Crippen LogP contribution < -0.4 is 10.0 Å². The van der Waals surface area contributed by atoms with Crippen molar-refractivity contribution in [2.45, 2.75) is 114 Å². The maximum atomic E-state index is 14.6. The molecule has 1 aromatic carbocycles. The van der Waals surface area contributed by atoms with E-state index in [9.17, 15) is 32.4 Å². The number of hydrogen-bond acceptors (Lipinski definition) is 8. The summed E-state index contributed by atoms with van der Waals surface area (Å²) in [6.07, 6.45) is 6.98. The Bertz CT molecular complexity index is 1720. The predicted octanol–water partition coefficient (Wildman–Crippen LogP) is 3.40. The molecule has 5 atom stereocenters. The van der Waals surface area contributed by atoms with Gasteiger partial charge in [0.2, 0.25) is 21.8 Å². The van der Waals surface area contributed by atoms with E-state index >= 15 is 0 Å². The second-order valence-electron chi connectivity index (χ2n) is 15.5. The number of rotatable bonds is 8. The molecule has 3 heterocycles. The summed E-state index contributed by atoms with van der Waals surface area (Å²) in [5.41, 5.74) is 2.03. The van der Waals surface area contributed by atoms with E-state index in [1.54, 1.807) is 22.9 Å². The van der Waals surface area contributed by atoms with Crippen molar-refractivity contribution in [1.82, 2.24) is 24.7 Å². The smallest absolute Gasteiger partial charge is 0.410 e. The molecule has 7 rings (SSSR count). The summed E-state index contributed by atoms with van der Waals surface area (Å²) in [7, 11) is -2.13. The first-order valence-corrected chi connectivity index (χ1v) is 20.0. The number of Topliss-reactive ketones (excluding diaryl/α,β-unsaturated/α-hetero) is 1. The van der Waals surface area contributed by atoms with Crippen molar-refractivity contribution in [3.05, 3.63) is 47.5 Å². The molecule has 3 saturated carbocycles. The van der Waals surface area contributed by atoms with Crippen LogP contribution in [0.4, 0.5) is 9.59 Å². The van der Waals surface area contributed by atoms with Gasteiger partial charge in [-0.25, -0.2) is 18.0 Å². The lowest BCUT2D eigenvalue weighted by Crippen LogP contribution is -2.56. The van der Waals surface area contributed by atoms with Gasteiger partial charge in [-0.05, 0) is 79.9 Å². The number of aryl methyl sites for hydroxylation is 1. The van der Waals surface area contributed by atoms with Gasteiger partial charge in [0.1, 0.15) is 12.1 Å². The van der Waals surface area contributed by atoms with Crippen LogP contribution in [0.15, 0.2) is 30.9 Å². The third kappa shape index (κ3) is 7.12. The molecular weight excluding hydrogens is 675 g/mol. The van der Waals surface area contributed by atoms with Gasteiger partial charge in [0.05, 0.1) is 23.3 Å². The lowest BCUT2D eigenvalue weighted by atomic mass is 9.91. The number of nitrogens with zero attached hydrogens (tertiary/aromatic N) is 3. The monoisotopic (exact) mass is 723 g/mol. The number of sulfonamides is 1. The summed E-state index contributed by atoms with van der Waals surface area (Å²) >= 11 is 0. The molecule has 51 heavy (non-hydrogen) atoms. The summed E-state index contributed by atoms with van der Waals surface area (Å²) in [5.74, 6) is -2.07. The van der Waals surface area contributed by atoms with E-state index in [-0.39, 0.29) is 37.8 Å². The van der Waals surface area contributed by atoms with Gasteiger partial charge in [0, 0.05) is 39.5 Å². The summed E-state index contributed by atoms with van der Waals surface area (Å²) in [6, 6.07) is 3.82. The van der Waals surface area contributed by atoms with Crippen LogP contribution in [-0.2, 0) is 48.7 Å². The van der Waals surface area contributed by atoms with Crippen molar-refractivity contribution in [2.75, 3.05) is 20.1 Å². The Morgan fingerprint density at radius 3 is 2.51 bits per heavy atom. The Kier molecular flexibility index (Phi) is 9.66. The van der Waals surface area contributed by atoms with Crippen LogP contribution >= 0.6 is 0 Å². The van der Waals surface area contributed by atoms with Gasteiger partial charge in [-0.3, -0.25) is 24.0 Å². The van der Waals surface area contributed by atoms with E-state index in [2.05, 4.69) is 22.7 Å². The zero-order valence-corrected chi connectivity index (χ0v) is 30.1. The number of fused-ring (bicyclic) bond motifs is 3. The molecule has 2 N–H and O–H groups in total. The van der Waals surface area contributed by atoms with Crippen molar-refractivity contribution in [3.8, 4) is 0 Å². The highest BCUT2D eigenvalue weighted by atomic mass is 32.2. The molecule has 3 aliphatic carbocycles. The number of urea groups is 1. The number of allylic oxidation sites excluding steroid dienone is 1. The molecular formula is C37H49N5O8S. The average Bonchev–Trinajstić information content (AvgIpc) is 3.88. The Labute approximate surface area is 299 Å². The number of ether oxygens (including phenoxy) is 1. The fourth-order valence-electron chi connectivity index (χ4n) is 8.67. The van der Waals surface area contributed by atoms with E-state index in [1.165, 1.54) is 10.5 Å². The van der Waals surface area contributed by atoms with E-state index in [0.717, 1.165) is 56.1 Å². The summed E-state index contributed by atoms with van der Waals surface area (Å²) in [6.45, 7) is 5.07. The molecule has 6 aliphatic rings. The maximum absolute atomic E-state index is 14.6.